The lowest BCUT2D eigenvalue weighted by atomic mass is 10.1. The third-order valence-corrected chi connectivity index (χ3v) is 3.13. The minimum Gasteiger partial charge on any atom is -0.452 e. The summed E-state index contributed by atoms with van der Waals surface area (Å²) in [6.45, 7) is 0.315. The summed E-state index contributed by atoms with van der Waals surface area (Å²) in [6, 6.07) is 10.7. The largest absolute Gasteiger partial charge is 0.452 e. The Morgan fingerprint density at radius 2 is 1.76 bits per heavy atom. The average molecular weight is 349 g/mol. The molecule has 2 aromatic carbocycles. The van der Waals surface area contributed by atoms with Gasteiger partial charge in [0.2, 0.25) is 0 Å². The molecule has 0 heterocycles. The Balaban J connectivity index is 1.92. The van der Waals surface area contributed by atoms with Crippen LogP contribution >= 0.6 is 0 Å². The van der Waals surface area contributed by atoms with Gasteiger partial charge in [-0.2, -0.15) is 8.78 Å². The Morgan fingerprint density at radius 1 is 1.08 bits per heavy atom. The van der Waals surface area contributed by atoms with Crippen molar-refractivity contribution in [3.63, 3.8) is 0 Å². The van der Waals surface area contributed by atoms with E-state index < -0.39 is 25.1 Å². The van der Waals surface area contributed by atoms with Crippen molar-refractivity contribution >= 4 is 17.6 Å². The van der Waals surface area contributed by atoms with Gasteiger partial charge in [-0.3, -0.25) is 4.79 Å². The molecule has 5 nitrogen and oxygen atoms in total. The number of hydrogen-bond acceptors (Lipinski definition) is 4. The molecular formula is C18H17F2NO4. The molecule has 0 saturated heterocycles. The topological polar surface area (TPSA) is 64.6 Å². The van der Waals surface area contributed by atoms with Crippen LogP contribution in [0.5, 0.6) is 5.75 Å². The van der Waals surface area contributed by atoms with Crippen molar-refractivity contribution in [3.05, 3.63) is 59.2 Å². The van der Waals surface area contributed by atoms with Gasteiger partial charge in [0, 0.05) is 5.69 Å². The number of aryl methyl sites for hydroxylation is 2. The number of anilines is 1. The van der Waals surface area contributed by atoms with Crippen LogP contribution in [0.25, 0.3) is 0 Å². The van der Waals surface area contributed by atoms with E-state index in [1.807, 2.05) is 19.9 Å². The summed E-state index contributed by atoms with van der Waals surface area (Å²) in [7, 11) is 0. The number of hydrogen-bond donors (Lipinski definition) is 1. The highest BCUT2D eigenvalue weighted by Crippen LogP contribution is 2.17. The molecule has 0 radical (unpaired) electrons. The lowest BCUT2D eigenvalue weighted by molar-refractivity contribution is -0.119. The van der Waals surface area contributed by atoms with Crippen molar-refractivity contribution in [2.24, 2.45) is 0 Å². The van der Waals surface area contributed by atoms with Gasteiger partial charge in [-0.25, -0.2) is 4.79 Å². The second kappa shape index (κ2) is 8.23. The molecule has 0 atom stereocenters. The first-order valence-electron chi connectivity index (χ1n) is 7.43. The van der Waals surface area contributed by atoms with Crippen LogP contribution in [0.4, 0.5) is 14.5 Å². The van der Waals surface area contributed by atoms with Crippen LogP contribution < -0.4 is 10.1 Å². The van der Waals surface area contributed by atoms with Crippen LogP contribution in [-0.2, 0) is 9.53 Å². The van der Waals surface area contributed by atoms with Crippen molar-refractivity contribution in [2.75, 3.05) is 11.9 Å². The molecule has 0 aliphatic rings. The fraction of sp³-hybridized carbons (Fsp3) is 0.222. The quantitative estimate of drug-likeness (QED) is 0.808. The lowest BCUT2D eigenvalue weighted by Crippen LogP contribution is -2.21. The Labute approximate surface area is 143 Å². The van der Waals surface area contributed by atoms with Crippen molar-refractivity contribution in [1.29, 1.82) is 0 Å². The number of esters is 1. The molecule has 1 N–H and O–H groups in total. The van der Waals surface area contributed by atoms with Crippen LogP contribution in [0.2, 0.25) is 0 Å². The molecule has 1 amide bonds. The van der Waals surface area contributed by atoms with Gasteiger partial charge in [0.1, 0.15) is 5.75 Å². The van der Waals surface area contributed by atoms with Crippen LogP contribution in [-0.4, -0.2) is 25.1 Å². The van der Waals surface area contributed by atoms with Crippen LogP contribution in [0.15, 0.2) is 42.5 Å². The number of rotatable bonds is 6. The van der Waals surface area contributed by atoms with E-state index in [-0.39, 0.29) is 11.3 Å². The summed E-state index contributed by atoms with van der Waals surface area (Å²) < 4.78 is 33.5. The summed E-state index contributed by atoms with van der Waals surface area (Å²) in [5.74, 6) is -1.47. The molecule has 0 aliphatic carbocycles. The van der Waals surface area contributed by atoms with Gasteiger partial charge in [-0.1, -0.05) is 12.1 Å². The van der Waals surface area contributed by atoms with E-state index in [9.17, 15) is 18.4 Å². The van der Waals surface area contributed by atoms with Gasteiger partial charge < -0.3 is 14.8 Å². The maximum Gasteiger partial charge on any atom is 0.387 e. The van der Waals surface area contributed by atoms with Gasteiger partial charge >= 0.3 is 12.6 Å². The maximum absolute atomic E-state index is 12.2. The van der Waals surface area contributed by atoms with E-state index in [4.69, 9.17) is 4.74 Å². The number of alkyl halides is 2. The van der Waals surface area contributed by atoms with Gasteiger partial charge in [0.05, 0.1) is 5.56 Å². The fourth-order valence-electron chi connectivity index (χ4n) is 2.26. The Bertz CT molecular complexity index is 757. The molecule has 2 rings (SSSR count). The van der Waals surface area contributed by atoms with Crippen molar-refractivity contribution < 1.29 is 27.8 Å². The molecule has 132 valence electrons. The average Bonchev–Trinajstić information content (AvgIpc) is 2.51. The molecule has 2 aromatic rings. The number of carbonyl (C=O) groups is 2. The molecule has 0 aliphatic heterocycles. The molecule has 0 fully saturated rings. The van der Waals surface area contributed by atoms with Gasteiger partial charge in [-0.05, 0) is 55.3 Å². The molecule has 25 heavy (non-hydrogen) atoms. The Morgan fingerprint density at radius 3 is 2.40 bits per heavy atom. The van der Waals surface area contributed by atoms with E-state index in [0.717, 1.165) is 17.2 Å². The minimum atomic E-state index is -2.99. The van der Waals surface area contributed by atoms with Crippen LogP contribution in [0, 0.1) is 13.8 Å². The van der Waals surface area contributed by atoms with Gasteiger partial charge in [0.15, 0.2) is 6.61 Å². The van der Waals surface area contributed by atoms with E-state index in [1.165, 1.54) is 18.2 Å². The number of halogens is 2. The van der Waals surface area contributed by atoms with Crippen molar-refractivity contribution in [3.8, 4) is 5.75 Å². The summed E-state index contributed by atoms with van der Waals surface area (Å²) in [4.78, 5) is 23.8. The summed E-state index contributed by atoms with van der Waals surface area (Å²) in [5, 5.41) is 2.63. The smallest absolute Gasteiger partial charge is 0.387 e. The molecule has 0 unspecified atom stereocenters. The monoisotopic (exact) mass is 349 g/mol. The predicted octanol–water partition coefficient (Wildman–Crippen LogP) is 3.70. The third kappa shape index (κ3) is 5.87. The highest BCUT2D eigenvalue weighted by molar-refractivity contribution is 5.95. The lowest BCUT2D eigenvalue weighted by Gasteiger charge is -2.09. The molecule has 0 saturated carbocycles. The first-order valence-corrected chi connectivity index (χ1v) is 7.43. The molecule has 0 aromatic heterocycles. The van der Waals surface area contributed by atoms with Gasteiger partial charge in [0.25, 0.3) is 5.91 Å². The number of ether oxygens (including phenoxy) is 2. The first-order chi connectivity index (χ1) is 11.8. The summed E-state index contributed by atoms with van der Waals surface area (Å²) in [6.07, 6.45) is 0. The zero-order chi connectivity index (χ0) is 18.4. The van der Waals surface area contributed by atoms with Gasteiger partial charge in [-0.15, -0.1) is 0 Å². The number of nitrogens with one attached hydrogen (secondary N) is 1. The Hall–Kier alpha value is -2.96. The number of amides is 1. The predicted molar refractivity (Wildman–Crippen MR) is 87.9 cm³/mol. The second-order valence-corrected chi connectivity index (χ2v) is 5.41. The van der Waals surface area contributed by atoms with E-state index in [0.29, 0.717) is 5.69 Å². The second-order valence-electron chi connectivity index (χ2n) is 5.41. The van der Waals surface area contributed by atoms with E-state index >= 15 is 0 Å². The maximum atomic E-state index is 12.2. The zero-order valence-electron chi connectivity index (χ0n) is 13.7. The number of benzene rings is 2. The molecule has 7 heteroatoms. The van der Waals surface area contributed by atoms with E-state index in [2.05, 4.69) is 10.1 Å². The Kier molecular flexibility index (Phi) is 6.05. The van der Waals surface area contributed by atoms with Crippen LogP contribution in [0.1, 0.15) is 21.5 Å². The number of carbonyl (C=O) groups excluding carboxylic acids is 2. The third-order valence-electron chi connectivity index (χ3n) is 3.13. The highest BCUT2D eigenvalue weighted by atomic mass is 19.3. The standard InChI is InChI=1S/C18H17F2NO4/c1-11-6-12(2)8-14(7-11)21-16(22)10-24-17(23)13-4-3-5-15(9-13)25-18(19)20/h3-9,18H,10H2,1-2H3,(H,21,22). The summed E-state index contributed by atoms with van der Waals surface area (Å²) >= 11 is 0. The molecule has 0 bridgehead atoms. The van der Waals surface area contributed by atoms with Crippen LogP contribution in [0.3, 0.4) is 0 Å². The fourth-order valence-corrected chi connectivity index (χ4v) is 2.26. The van der Waals surface area contributed by atoms with E-state index in [1.54, 1.807) is 12.1 Å². The normalized spacial score (nSPS) is 10.4. The first kappa shape index (κ1) is 18.4. The zero-order valence-corrected chi connectivity index (χ0v) is 13.7. The van der Waals surface area contributed by atoms with Crippen molar-refractivity contribution in [1.82, 2.24) is 0 Å². The SMILES string of the molecule is Cc1cc(C)cc(NC(=O)COC(=O)c2cccc(OC(F)F)c2)c1. The molecule has 0 spiro atoms. The highest BCUT2D eigenvalue weighted by Gasteiger charge is 2.13. The minimum absolute atomic E-state index is 0.0114. The van der Waals surface area contributed by atoms with Crippen molar-refractivity contribution in [2.45, 2.75) is 20.5 Å². The summed E-state index contributed by atoms with van der Waals surface area (Å²) in [5.41, 5.74) is 2.59. The molecular weight excluding hydrogens is 332 g/mol.